The maximum atomic E-state index is 16.9. The number of benzene rings is 2. The molecule has 14 heteroatoms. The van der Waals surface area contributed by atoms with Crippen molar-refractivity contribution in [2.75, 3.05) is 12.0 Å². The molecule has 2 aliphatic heterocycles. The van der Waals surface area contributed by atoms with Gasteiger partial charge in [0.15, 0.2) is 12.3 Å². The van der Waals surface area contributed by atoms with Crippen LogP contribution in [0.25, 0.3) is 0 Å². The highest BCUT2D eigenvalue weighted by molar-refractivity contribution is 6.30. The highest BCUT2D eigenvalue weighted by Crippen LogP contribution is 2.53. The minimum absolute atomic E-state index is 0.0408. The molecule has 0 spiro atoms. The molecule has 4 rings (SSSR count). The number of ether oxygens (including phenoxy) is 2. The zero-order valence-corrected chi connectivity index (χ0v) is 18.9. The third kappa shape index (κ3) is 3.87. The van der Waals surface area contributed by atoms with Gasteiger partial charge in [0, 0.05) is 16.1 Å². The molecule has 0 aliphatic carbocycles. The van der Waals surface area contributed by atoms with Gasteiger partial charge in [-0.05, 0) is 30.3 Å². The summed E-state index contributed by atoms with van der Waals surface area (Å²) in [5.74, 6) is -3.57. The van der Waals surface area contributed by atoms with Crippen LogP contribution in [-0.4, -0.2) is 70.1 Å². The second-order valence-corrected chi connectivity index (χ2v) is 8.60. The summed E-state index contributed by atoms with van der Waals surface area (Å²) in [7, 11) is 1.16. The van der Waals surface area contributed by atoms with E-state index in [-0.39, 0.29) is 10.8 Å². The van der Waals surface area contributed by atoms with Gasteiger partial charge in [0.25, 0.3) is 5.91 Å². The molecule has 0 saturated carbocycles. The summed E-state index contributed by atoms with van der Waals surface area (Å²) in [5.41, 5.74) is -6.31. The third-order valence-corrected chi connectivity index (χ3v) is 6.32. The van der Waals surface area contributed by atoms with E-state index in [1.165, 1.54) is 12.1 Å². The number of rotatable bonds is 4. The number of aliphatic carboxylic acids is 1. The fourth-order valence-electron chi connectivity index (χ4n) is 4.33. The van der Waals surface area contributed by atoms with Crippen LogP contribution in [0.2, 0.25) is 5.02 Å². The Balaban J connectivity index is 1.96. The summed E-state index contributed by atoms with van der Waals surface area (Å²) in [6.45, 7) is 0. The van der Waals surface area contributed by atoms with Crippen molar-refractivity contribution in [3.63, 3.8) is 0 Å². The van der Waals surface area contributed by atoms with Gasteiger partial charge in [-0.1, -0.05) is 17.7 Å². The second-order valence-electron chi connectivity index (χ2n) is 8.17. The average Bonchev–Trinajstić information content (AvgIpc) is 3.04. The van der Waals surface area contributed by atoms with E-state index >= 15 is 4.39 Å². The van der Waals surface area contributed by atoms with Crippen molar-refractivity contribution in [3.05, 3.63) is 58.1 Å². The molecule has 194 valence electrons. The van der Waals surface area contributed by atoms with Gasteiger partial charge < -0.3 is 29.9 Å². The molecule has 1 amide bonds. The normalized spacial score (nSPS) is 30.3. The van der Waals surface area contributed by atoms with Gasteiger partial charge >= 0.3 is 12.1 Å². The smallest absolute Gasteiger partial charge is 0.416 e. The number of halogens is 5. The van der Waals surface area contributed by atoms with E-state index in [0.717, 1.165) is 13.2 Å². The molecule has 9 nitrogen and oxygen atoms in total. The zero-order chi connectivity index (χ0) is 26.7. The first-order chi connectivity index (χ1) is 16.7. The Bertz CT molecular complexity index is 1230. The van der Waals surface area contributed by atoms with Crippen LogP contribution in [-0.2, 0) is 26.2 Å². The molecule has 0 aromatic heterocycles. The van der Waals surface area contributed by atoms with Crippen LogP contribution in [0.1, 0.15) is 16.7 Å². The molecule has 2 aromatic carbocycles. The number of fused-ring (bicyclic) bond motifs is 1. The third-order valence-electron chi connectivity index (χ3n) is 6.09. The Labute approximate surface area is 205 Å². The molecule has 36 heavy (non-hydrogen) atoms. The van der Waals surface area contributed by atoms with Gasteiger partial charge in [0.1, 0.15) is 24.1 Å². The van der Waals surface area contributed by atoms with Crippen molar-refractivity contribution in [3.8, 4) is 5.75 Å². The number of carboxylic acids is 1. The molecule has 2 aliphatic rings. The van der Waals surface area contributed by atoms with Crippen molar-refractivity contribution in [2.24, 2.45) is 0 Å². The zero-order valence-electron chi connectivity index (χ0n) is 18.1. The number of carboxylic acid groups (broad SMARTS) is 1. The molecule has 4 N–H and O–H groups in total. The topological polar surface area (TPSA) is 137 Å². The van der Waals surface area contributed by atoms with E-state index in [9.17, 15) is 43.2 Å². The first kappa shape index (κ1) is 26.1. The number of carbonyl (C=O) groups is 2. The van der Waals surface area contributed by atoms with Gasteiger partial charge in [-0.25, -0.2) is 9.18 Å². The number of methoxy groups -OCH3 is 1. The predicted molar refractivity (Wildman–Crippen MR) is 113 cm³/mol. The molecular weight excluding hydrogens is 518 g/mol. The predicted octanol–water partition coefficient (Wildman–Crippen LogP) is 1.82. The van der Waals surface area contributed by atoms with Crippen molar-refractivity contribution in [2.45, 2.75) is 42.5 Å². The number of nitrogens with zero attached hydrogens (tertiary/aromatic N) is 1. The second kappa shape index (κ2) is 8.85. The SMILES string of the molecule is COc1ccc(Cl)cc1[C@]1(F)C(=O)N(C2OC(C(=O)O)C(O)C(O)C2O)c2cc(C(F)(F)F)ccc21. The van der Waals surface area contributed by atoms with Crippen LogP contribution >= 0.6 is 11.6 Å². The van der Waals surface area contributed by atoms with Crippen LogP contribution in [0.5, 0.6) is 5.75 Å². The highest BCUT2D eigenvalue weighted by atomic mass is 35.5. The lowest BCUT2D eigenvalue weighted by Gasteiger charge is -2.42. The van der Waals surface area contributed by atoms with Gasteiger partial charge in [-0.3, -0.25) is 9.69 Å². The maximum absolute atomic E-state index is 16.9. The van der Waals surface area contributed by atoms with Gasteiger partial charge in [0.2, 0.25) is 5.67 Å². The molecular formula is C22H18ClF4NO8. The van der Waals surface area contributed by atoms with E-state index in [4.69, 9.17) is 21.1 Å². The Kier molecular flexibility index (Phi) is 6.42. The first-order valence-corrected chi connectivity index (χ1v) is 10.6. The summed E-state index contributed by atoms with van der Waals surface area (Å²) in [6, 6.07) is 5.25. The molecule has 1 saturated heterocycles. The summed E-state index contributed by atoms with van der Waals surface area (Å²) in [6.07, 6.45) is -15.9. The summed E-state index contributed by atoms with van der Waals surface area (Å²) < 4.78 is 67.6. The minimum atomic E-state index is -4.93. The van der Waals surface area contributed by atoms with Crippen LogP contribution < -0.4 is 9.64 Å². The Hall–Kier alpha value is -2.97. The minimum Gasteiger partial charge on any atom is -0.496 e. The van der Waals surface area contributed by atoms with Gasteiger partial charge in [0.05, 0.1) is 18.4 Å². The number of hydrogen-bond donors (Lipinski definition) is 4. The van der Waals surface area contributed by atoms with E-state index < -0.39 is 76.7 Å². The number of amides is 1. The molecule has 0 radical (unpaired) electrons. The van der Waals surface area contributed by atoms with Gasteiger partial charge in [-0.2, -0.15) is 13.2 Å². The van der Waals surface area contributed by atoms with E-state index in [1.54, 1.807) is 0 Å². The Morgan fingerprint density at radius 2 is 1.75 bits per heavy atom. The lowest BCUT2D eigenvalue weighted by atomic mass is 9.88. The lowest BCUT2D eigenvalue weighted by Crippen LogP contribution is -2.65. The highest BCUT2D eigenvalue weighted by Gasteiger charge is 2.60. The van der Waals surface area contributed by atoms with Crippen molar-refractivity contribution in [1.29, 1.82) is 0 Å². The van der Waals surface area contributed by atoms with Crippen LogP contribution in [0, 0.1) is 0 Å². The quantitative estimate of drug-likeness (QED) is 0.435. The molecule has 5 unspecified atom stereocenters. The van der Waals surface area contributed by atoms with Crippen LogP contribution in [0.3, 0.4) is 0 Å². The van der Waals surface area contributed by atoms with Crippen molar-refractivity contribution >= 4 is 29.2 Å². The number of anilines is 1. The maximum Gasteiger partial charge on any atom is 0.416 e. The summed E-state index contributed by atoms with van der Waals surface area (Å²) >= 11 is 5.98. The summed E-state index contributed by atoms with van der Waals surface area (Å²) in [4.78, 5) is 25.4. The lowest BCUT2D eigenvalue weighted by molar-refractivity contribution is -0.227. The fraction of sp³-hybridized carbons (Fsp3) is 0.364. The summed E-state index contributed by atoms with van der Waals surface area (Å²) in [5, 5.41) is 39.9. The molecule has 2 aromatic rings. The van der Waals surface area contributed by atoms with E-state index in [1.807, 2.05) is 0 Å². The molecule has 6 atom stereocenters. The van der Waals surface area contributed by atoms with Crippen LogP contribution in [0.15, 0.2) is 36.4 Å². The standard InChI is InChI=1S/C22H18ClF4NO8/c1-35-13-5-3-9(23)7-11(13)21(24)10-4-2-8(22(25,26)27)6-12(10)28(20(21)34)18-16(31)14(29)15(30)17(36-18)19(32)33/h2-7,14-18,29-31H,1H3,(H,32,33)/t14?,15?,16?,17?,18?,21-/m0/s1. The van der Waals surface area contributed by atoms with E-state index in [2.05, 4.69) is 0 Å². The Morgan fingerprint density at radius 1 is 1.08 bits per heavy atom. The largest absolute Gasteiger partial charge is 0.496 e. The molecule has 0 bridgehead atoms. The number of aliphatic hydroxyl groups excluding tert-OH is 3. The number of aliphatic hydroxyl groups is 3. The molecule has 2 heterocycles. The van der Waals surface area contributed by atoms with Crippen molar-refractivity contribution in [1.82, 2.24) is 0 Å². The van der Waals surface area contributed by atoms with Crippen molar-refractivity contribution < 1.29 is 57.1 Å². The fourth-order valence-corrected chi connectivity index (χ4v) is 4.50. The first-order valence-electron chi connectivity index (χ1n) is 10.2. The monoisotopic (exact) mass is 535 g/mol. The van der Waals surface area contributed by atoms with E-state index in [0.29, 0.717) is 23.1 Å². The molecule has 1 fully saturated rings. The number of carbonyl (C=O) groups excluding carboxylic acids is 1. The number of alkyl halides is 4. The van der Waals surface area contributed by atoms with Crippen LogP contribution in [0.4, 0.5) is 23.2 Å². The number of hydrogen-bond acceptors (Lipinski definition) is 7. The Morgan fingerprint density at radius 3 is 2.33 bits per heavy atom. The average molecular weight is 536 g/mol. The van der Waals surface area contributed by atoms with Gasteiger partial charge in [-0.15, -0.1) is 0 Å².